The summed E-state index contributed by atoms with van der Waals surface area (Å²) in [5, 5.41) is 9.07. The van der Waals surface area contributed by atoms with Crippen LogP contribution in [0.25, 0.3) is 0 Å². The smallest absolute Gasteiger partial charge is 0.124 e. The molecule has 3 nitrogen and oxygen atoms in total. The second kappa shape index (κ2) is 6.78. The molecule has 0 aliphatic rings. The first kappa shape index (κ1) is 14.2. The van der Waals surface area contributed by atoms with Crippen molar-refractivity contribution in [3.8, 4) is 6.07 Å². The third-order valence-electron chi connectivity index (χ3n) is 3.15. The highest BCUT2D eigenvalue weighted by Crippen LogP contribution is 2.14. The molecule has 0 fully saturated rings. The highest BCUT2D eigenvalue weighted by atomic mass is 19.1. The highest BCUT2D eigenvalue weighted by Gasteiger charge is 2.09. The van der Waals surface area contributed by atoms with Crippen molar-refractivity contribution >= 4 is 0 Å². The van der Waals surface area contributed by atoms with Crippen LogP contribution >= 0.6 is 0 Å². The lowest BCUT2D eigenvalue weighted by Gasteiger charge is -2.20. The van der Waals surface area contributed by atoms with E-state index in [0.717, 1.165) is 17.8 Å². The lowest BCUT2D eigenvalue weighted by atomic mass is 10.1. The fraction of sp³-hybridized carbons (Fsp3) is 0.250. The van der Waals surface area contributed by atoms with Gasteiger partial charge in [-0.25, -0.2) is 4.39 Å². The molecule has 1 aromatic heterocycles. The second-order valence-corrected chi connectivity index (χ2v) is 4.54. The molecule has 0 bridgehead atoms. The highest BCUT2D eigenvalue weighted by molar-refractivity contribution is 5.37. The fourth-order valence-electron chi connectivity index (χ4n) is 2.03. The third kappa shape index (κ3) is 3.62. The summed E-state index contributed by atoms with van der Waals surface area (Å²) in [5.41, 5.74) is 2.21. The molecule has 20 heavy (non-hydrogen) atoms. The molecule has 2 rings (SSSR count). The van der Waals surface area contributed by atoms with Crippen molar-refractivity contribution in [3.05, 3.63) is 65.2 Å². The molecule has 0 spiro atoms. The largest absolute Gasteiger partial charge is 0.293 e. The lowest BCUT2D eigenvalue weighted by molar-refractivity contribution is 0.268. The monoisotopic (exact) mass is 269 g/mol. The van der Waals surface area contributed by atoms with Crippen LogP contribution in [0.3, 0.4) is 0 Å². The van der Waals surface area contributed by atoms with E-state index >= 15 is 0 Å². The van der Waals surface area contributed by atoms with Crippen LogP contribution in [-0.2, 0) is 13.1 Å². The maximum Gasteiger partial charge on any atom is 0.124 e. The summed E-state index contributed by atoms with van der Waals surface area (Å²) >= 11 is 0. The Balaban J connectivity index is 2.13. The van der Waals surface area contributed by atoms with Crippen LogP contribution in [0.2, 0.25) is 0 Å². The van der Waals surface area contributed by atoms with Crippen LogP contribution in [0.15, 0.2) is 42.6 Å². The molecule has 2 aromatic rings. The van der Waals surface area contributed by atoms with Gasteiger partial charge in [-0.05, 0) is 36.4 Å². The van der Waals surface area contributed by atoms with Crippen LogP contribution in [0.5, 0.6) is 0 Å². The Morgan fingerprint density at radius 1 is 1.25 bits per heavy atom. The molecule has 0 amide bonds. The quantitative estimate of drug-likeness (QED) is 0.837. The van der Waals surface area contributed by atoms with Crippen LogP contribution < -0.4 is 0 Å². The van der Waals surface area contributed by atoms with Gasteiger partial charge in [0.15, 0.2) is 0 Å². The van der Waals surface area contributed by atoms with Gasteiger partial charge in [0.25, 0.3) is 0 Å². The Hall–Kier alpha value is -2.25. The topological polar surface area (TPSA) is 39.9 Å². The Morgan fingerprint density at radius 3 is 2.75 bits per heavy atom. The number of aromatic nitrogens is 1. The predicted molar refractivity (Wildman–Crippen MR) is 75.1 cm³/mol. The van der Waals surface area contributed by atoms with Gasteiger partial charge in [0.05, 0.1) is 17.3 Å². The number of nitriles is 1. The zero-order valence-electron chi connectivity index (χ0n) is 11.4. The van der Waals surface area contributed by atoms with E-state index in [0.29, 0.717) is 18.7 Å². The van der Waals surface area contributed by atoms with Crippen LogP contribution in [0.4, 0.5) is 4.39 Å². The minimum Gasteiger partial charge on any atom is -0.293 e. The van der Waals surface area contributed by atoms with E-state index in [9.17, 15) is 4.39 Å². The molecule has 102 valence electrons. The number of hydrogen-bond acceptors (Lipinski definition) is 3. The fourth-order valence-corrected chi connectivity index (χ4v) is 2.03. The molecule has 0 saturated carbocycles. The standard InChI is InChI=1S/C16H16FN3/c1-2-20(12-16-5-3-4-8-19-16)11-13-6-7-15(17)9-14(13)10-18/h3-9H,2,11-12H2,1H3. The third-order valence-corrected chi connectivity index (χ3v) is 3.15. The molecular weight excluding hydrogens is 253 g/mol. The van der Waals surface area contributed by atoms with Crippen molar-refractivity contribution in [2.75, 3.05) is 6.54 Å². The number of nitrogens with zero attached hydrogens (tertiary/aromatic N) is 3. The van der Waals surface area contributed by atoms with Crippen molar-refractivity contribution in [1.29, 1.82) is 5.26 Å². The molecular formula is C16H16FN3. The van der Waals surface area contributed by atoms with E-state index in [4.69, 9.17) is 5.26 Å². The molecule has 0 aliphatic heterocycles. The lowest BCUT2D eigenvalue weighted by Crippen LogP contribution is -2.23. The molecule has 0 aliphatic carbocycles. The molecule has 1 aromatic carbocycles. The Morgan fingerprint density at radius 2 is 2.10 bits per heavy atom. The number of halogens is 1. The minimum absolute atomic E-state index is 0.377. The Kier molecular flexibility index (Phi) is 4.80. The minimum atomic E-state index is -0.377. The van der Waals surface area contributed by atoms with Gasteiger partial charge in [-0.2, -0.15) is 5.26 Å². The summed E-state index contributed by atoms with van der Waals surface area (Å²) in [6.45, 7) is 4.20. The average Bonchev–Trinajstić information content (AvgIpc) is 2.49. The van der Waals surface area contributed by atoms with Crippen molar-refractivity contribution < 1.29 is 4.39 Å². The van der Waals surface area contributed by atoms with Gasteiger partial charge >= 0.3 is 0 Å². The number of benzene rings is 1. The van der Waals surface area contributed by atoms with Crippen LogP contribution in [-0.4, -0.2) is 16.4 Å². The van der Waals surface area contributed by atoms with Crippen LogP contribution in [0.1, 0.15) is 23.7 Å². The van der Waals surface area contributed by atoms with E-state index in [2.05, 4.69) is 16.8 Å². The van der Waals surface area contributed by atoms with Crippen molar-refractivity contribution in [2.45, 2.75) is 20.0 Å². The van der Waals surface area contributed by atoms with Crippen molar-refractivity contribution in [3.63, 3.8) is 0 Å². The summed E-state index contributed by atoms with van der Waals surface area (Å²) < 4.78 is 13.1. The molecule has 4 heteroatoms. The van der Waals surface area contributed by atoms with Gasteiger partial charge in [-0.3, -0.25) is 9.88 Å². The zero-order chi connectivity index (χ0) is 14.4. The Labute approximate surface area is 118 Å². The maximum atomic E-state index is 13.1. The molecule has 0 unspecified atom stereocenters. The summed E-state index contributed by atoms with van der Waals surface area (Å²) in [5.74, 6) is -0.377. The maximum absolute atomic E-state index is 13.1. The van der Waals surface area contributed by atoms with Gasteiger partial charge < -0.3 is 0 Å². The molecule has 0 radical (unpaired) electrons. The number of pyridine rings is 1. The first-order chi connectivity index (χ1) is 9.72. The van der Waals surface area contributed by atoms with E-state index in [1.165, 1.54) is 12.1 Å². The van der Waals surface area contributed by atoms with E-state index < -0.39 is 0 Å². The molecule has 1 heterocycles. The SMILES string of the molecule is CCN(Cc1ccccn1)Cc1ccc(F)cc1C#N. The van der Waals surface area contributed by atoms with Crippen LogP contribution in [0, 0.1) is 17.1 Å². The average molecular weight is 269 g/mol. The van der Waals surface area contributed by atoms with E-state index in [1.807, 2.05) is 24.3 Å². The summed E-state index contributed by atoms with van der Waals surface area (Å²) in [4.78, 5) is 6.46. The van der Waals surface area contributed by atoms with E-state index in [-0.39, 0.29) is 5.82 Å². The molecule has 0 atom stereocenters. The summed E-state index contributed by atoms with van der Waals surface area (Å²) in [7, 11) is 0. The van der Waals surface area contributed by atoms with Gasteiger partial charge in [-0.1, -0.05) is 19.1 Å². The predicted octanol–water partition coefficient (Wildman–Crippen LogP) is 3.11. The summed E-state index contributed by atoms with van der Waals surface area (Å²) in [6, 6.07) is 12.2. The first-order valence-electron chi connectivity index (χ1n) is 6.53. The second-order valence-electron chi connectivity index (χ2n) is 4.54. The van der Waals surface area contributed by atoms with Gasteiger partial charge in [0, 0.05) is 19.3 Å². The van der Waals surface area contributed by atoms with Gasteiger partial charge in [0.1, 0.15) is 5.82 Å². The van der Waals surface area contributed by atoms with Crippen molar-refractivity contribution in [1.82, 2.24) is 9.88 Å². The van der Waals surface area contributed by atoms with Gasteiger partial charge in [0.2, 0.25) is 0 Å². The van der Waals surface area contributed by atoms with E-state index in [1.54, 1.807) is 12.3 Å². The zero-order valence-corrected chi connectivity index (χ0v) is 11.4. The molecule has 0 N–H and O–H groups in total. The first-order valence-corrected chi connectivity index (χ1v) is 6.53. The number of hydrogen-bond donors (Lipinski definition) is 0. The van der Waals surface area contributed by atoms with Crippen molar-refractivity contribution in [2.24, 2.45) is 0 Å². The Bertz CT molecular complexity index is 605. The summed E-state index contributed by atoms with van der Waals surface area (Å²) in [6.07, 6.45) is 1.77. The molecule has 0 saturated heterocycles. The van der Waals surface area contributed by atoms with Gasteiger partial charge in [-0.15, -0.1) is 0 Å². The normalized spacial score (nSPS) is 10.5. The number of rotatable bonds is 5.